The molecule has 2 aromatic rings. The second-order valence-corrected chi connectivity index (χ2v) is 9.24. The Bertz CT molecular complexity index is 1090. The largest absolute Gasteiger partial charge is 0.492 e. The molecule has 2 aliphatic rings. The molecule has 7 nitrogen and oxygen atoms in total. The number of carboxylic acid groups (broad SMARTS) is 1. The van der Waals surface area contributed by atoms with Gasteiger partial charge in [-0.05, 0) is 18.9 Å². The fourth-order valence-corrected chi connectivity index (χ4v) is 4.76. The number of pyridine rings is 1. The van der Waals surface area contributed by atoms with Gasteiger partial charge in [0.2, 0.25) is 5.43 Å². The first-order valence-electron chi connectivity index (χ1n) is 10.2. The zero-order valence-corrected chi connectivity index (χ0v) is 17.6. The number of aliphatic hydroxyl groups excluding tert-OH is 1. The van der Waals surface area contributed by atoms with Gasteiger partial charge < -0.3 is 24.4 Å². The number of halogens is 1. The van der Waals surface area contributed by atoms with Crippen LogP contribution in [0.4, 0.5) is 10.1 Å². The number of rotatable bonds is 4. The highest BCUT2D eigenvalue weighted by molar-refractivity contribution is 5.97. The number of carboxylic acids is 1. The molecule has 1 aromatic carbocycles. The van der Waals surface area contributed by atoms with E-state index >= 15 is 4.39 Å². The van der Waals surface area contributed by atoms with Crippen molar-refractivity contribution < 1.29 is 24.1 Å². The van der Waals surface area contributed by atoms with Crippen LogP contribution in [0, 0.1) is 17.2 Å². The predicted octanol–water partition coefficient (Wildman–Crippen LogP) is 3.03. The van der Waals surface area contributed by atoms with Crippen LogP contribution in [0.2, 0.25) is 0 Å². The van der Waals surface area contributed by atoms with Crippen LogP contribution in [0.15, 0.2) is 17.1 Å². The standard InChI is InChI=1S/C22H27FN2O5/c1-11-8-24(10-22(2,3)20(11)27)17-15(23)7-13-16(19(17)30-4)25(12-5-6-12)9-14(18(13)26)21(28)29/h7,9,11-12,20,27H,5-6,8,10H2,1-4H3,(H,28,29). The summed E-state index contributed by atoms with van der Waals surface area (Å²) >= 11 is 0. The molecule has 0 radical (unpaired) electrons. The number of fused-ring (bicyclic) bond motifs is 1. The maximum atomic E-state index is 15.4. The van der Waals surface area contributed by atoms with Crippen LogP contribution in [0.25, 0.3) is 10.9 Å². The summed E-state index contributed by atoms with van der Waals surface area (Å²) in [6, 6.07) is 1.18. The van der Waals surface area contributed by atoms with Crippen LogP contribution in [-0.2, 0) is 0 Å². The molecular weight excluding hydrogens is 391 g/mol. The molecule has 1 saturated heterocycles. The van der Waals surface area contributed by atoms with Gasteiger partial charge >= 0.3 is 5.97 Å². The monoisotopic (exact) mass is 418 g/mol. The van der Waals surface area contributed by atoms with Crippen molar-refractivity contribution in [1.82, 2.24) is 4.57 Å². The summed E-state index contributed by atoms with van der Waals surface area (Å²) in [4.78, 5) is 26.2. The van der Waals surface area contributed by atoms with Crippen LogP contribution in [-0.4, -0.2) is 47.1 Å². The molecule has 2 fully saturated rings. The summed E-state index contributed by atoms with van der Waals surface area (Å²) in [5, 5.41) is 20.0. The lowest BCUT2D eigenvalue weighted by molar-refractivity contribution is -0.00460. The zero-order chi connectivity index (χ0) is 22.0. The van der Waals surface area contributed by atoms with Gasteiger partial charge in [-0.25, -0.2) is 9.18 Å². The lowest BCUT2D eigenvalue weighted by Gasteiger charge is -2.46. The number of piperidine rings is 1. The lowest BCUT2D eigenvalue weighted by atomic mass is 9.76. The average molecular weight is 418 g/mol. The number of aromatic nitrogens is 1. The van der Waals surface area contributed by atoms with Crippen molar-refractivity contribution in [2.24, 2.45) is 11.3 Å². The third-order valence-corrected chi connectivity index (χ3v) is 6.34. The minimum atomic E-state index is -1.33. The topological polar surface area (TPSA) is 92.0 Å². The fourth-order valence-electron chi connectivity index (χ4n) is 4.76. The quantitative estimate of drug-likeness (QED) is 0.793. The normalized spacial score (nSPS) is 23.6. The van der Waals surface area contributed by atoms with Crippen molar-refractivity contribution >= 4 is 22.6 Å². The molecule has 4 rings (SSSR count). The van der Waals surface area contributed by atoms with Gasteiger partial charge in [-0.15, -0.1) is 0 Å². The molecule has 2 heterocycles. The van der Waals surface area contributed by atoms with Crippen molar-refractivity contribution in [2.45, 2.75) is 45.8 Å². The number of methoxy groups -OCH3 is 1. The molecule has 2 unspecified atom stereocenters. The van der Waals surface area contributed by atoms with E-state index in [1.54, 1.807) is 4.57 Å². The molecule has 1 aromatic heterocycles. The summed E-state index contributed by atoms with van der Waals surface area (Å²) in [5.74, 6) is -1.83. The number of anilines is 1. The highest BCUT2D eigenvalue weighted by Gasteiger charge is 2.41. The molecule has 0 spiro atoms. The summed E-state index contributed by atoms with van der Waals surface area (Å²) in [7, 11) is 1.43. The number of nitrogens with zero attached hydrogens (tertiary/aromatic N) is 2. The lowest BCUT2D eigenvalue weighted by Crippen LogP contribution is -2.53. The summed E-state index contributed by atoms with van der Waals surface area (Å²) in [5.41, 5.74) is -0.898. The van der Waals surface area contributed by atoms with Crippen molar-refractivity contribution in [3.8, 4) is 5.75 Å². The van der Waals surface area contributed by atoms with Crippen LogP contribution >= 0.6 is 0 Å². The van der Waals surface area contributed by atoms with E-state index in [0.717, 1.165) is 18.9 Å². The number of hydrogen-bond donors (Lipinski definition) is 2. The zero-order valence-electron chi connectivity index (χ0n) is 17.6. The number of ether oxygens (including phenoxy) is 1. The van der Waals surface area contributed by atoms with Crippen molar-refractivity contribution in [3.63, 3.8) is 0 Å². The van der Waals surface area contributed by atoms with Gasteiger partial charge in [0.1, 0.15) is 11.3 Å². The van der Waals surface area contributed by atoms with Crippen LogP contribution < -0.4 is 15.1 Å². The Balaban J connectivity index is 2.00. The minimum Gasteiger partial charge on any atom is -0.492 e. The number of aliphatic hydroxyl groups is 1. The molecule has 0 bridgehead atoms. The van der Waals surface area contributed by atoms with Gasteiger partial charge in [0.15, 0.2) is 11.6 Å². The van der Waals surface area contributed by atoms with E-state index in [4.69, 9.17) is 4.74 Å². The van der Waals surface area contributed by atoms with Gasteiger partial charge in [0.05, 0.1) is 24.1 Å². The predicted molar refractivity (Wildman–Crippen MR) is 111 cm³/mol. The molecule has 0 amide bonds. The van der Waals surface area contributed by atoms with E-state index in [-0.39, 0.29) is 34.3 Å². The van der Waals surface area contributed by atoms with E-state index in [9.17, 15) is 19.8 Å². The number of hydrogen-bond acceptors (Lipinski definition) is 5. The highest BCUT2D eigenvalue weighted by atomic mass is 19.1. The highest BCUT2D eigenvalue weighted by Crippen LogP contribution is 2.45. The number of aromatic carboxylic acids is 1. The Kier molecular flexibility index (Phi) is 4.80. The molecule has 2 N–H and O–H groups in total. The molecule has 1 saturated carbocycles. The number of benzene rings is 1. The molecule has 1 aliphatic carbocycles. The van der Waals surface area contributed by atoms with E-state index in [1.165, 1.54) is 13.3 Å². The Labute approximate surface area is 173 Å². The van der Waals surface area contributed by atoms with E-state index in [1.807, 2.05) is 25.7 Å². The van der Waals surface area contributed by atoms with Crippen molar-refractivity contribution in [3.05, 3.63) is 33.9 Å². The maximum Gasteiger partial charge on any atom is 0.341 e. The van der Waals surface area contributed by atoms with Gasteiger partial charge in [0, 0.05) is 36.7 Å². The van der Waals surface area contributed by atoms with Gasteiger partial charge in [-0.1, -0.05) is 20.8 Å². The smallest absolute Gasteiger partial charge is 0.341 e. The Hall–Kier alpha value is -2.61. The summed E-state index contributed by atoms with van der Waals surface area (Å²) < 4.78 is 22.8. The van der Waals surface area contributed by atoms with Gasteiger partial charge in [-0.2, -0.15) is 0 Å². The molecule has 2 atom stereocenters. The second-order valence-electron chi connectivity index (χ2n) is 9.24. The average Bonchev–Trinajstić information content (AvgIpc) is 3.50. The van der Waals surface area contributed by atoms with Gasteiger partial charge in [0.25, 0.3) is 0 Å². The second kappa shape index (κ2) is 6.97. The molecule has 30 heavy (non-hydrogen) atoms. The van der Waals surface area contributed by atoms with E-state index < -0.39 is 28.7 Å². The Morgan fingerprint density at radius 2 is 2.00 bits per heavy atom. The van der Waals surface area contributed by atoms with Crippen LogP contribution in [0.3, 0.4) is 0 Å². The van der Waals surface area contributed by atoms with Crippen molar-refractivity contribution in [2.75, 3.05) is 25.1 Å². The van der Waals surface area contributed by atoms with E-state index in [0.29, 0.717) is 18.6 Å². The van der Waals surface area contributed by atoms with Gasteiger partial charge in [-0.3, -0.25) is 4.79 Å². The fraction of sp³-hybridized carbons (Fsp3) is 0.545. The molecule has 8 heteroatoms. The molecular formula is C22H27FN2O5. The first-order chi connectivity index (χ1) is 14.1. The summed E-state index contributed by atoms with van der Waals surface area (Å²) in [6.45, 7) is 6.64. The van der Waals surface area contributed by atoms with Crippen LogP contribution in [0.5, 0.6) is 5.75 Å². The van der Waals surface area contributed by atoms with Crippen LogP contribution in [0.1, 0.15) is 50.0 Å². The third kappa shape index (κ3) is 3.14. The Morgan fingerprint density at radius 3 is 2.53 bits per heavy atom. The Morgan fingerprint density at radius 1 is 1.33 bits per heavy atom. The number of carbonyl (C=O) groups is 1. The third-order valence-electron chi connectivity index (χ3n) is 6.34. The summed E-state index contributed by atoms with van der Waals surface area (Å²) in [6.07, 6.45) is 2.53. The maximum absolute atomic E-state index is 15.4. The van der Waals surface area contributed by atoms with Crippen molar-refractivity contribution in [1.29, 1.82) is 0 Å². The van der Waals surface area contributed by atoms with E-state index in [2.05, 4.69) is 0 Å². The SMILES string of the molecule is COc1c(N2CC(C)C(O)C(C)(C)C2)c(F)cc2c(=O)c(C(=O)O)cn(C3CC3)c12. The molecule has 162 valence electrons. The first-order valence-corrected chi connectivity index (χ1v) is 10.2. The first kappa shape index (κ1) is 20.7. The minimum absolute atomic E-state index is 0.00394. The molecule has 1 aliphatic heterocycles.